The zero-order valence-electron chi connectivity index (χ0n) is 9.41. The van der Waals surface area contributed by atoms with Crippen LogP contribution in [0, 0.1) is 11.8 Å². The minimum absolute atomic E-state index is 0.474. The van der Waals surface area contributed by atoms with Crippen molar-refractivity contribution in [2.75, 3.05) is 6.61 Å². The molecule has 0 heterocycles. The first-order valence-electron chi connectivity index (χ1n) is 5.81. The third-order valence-corrected chi connectivity index (χ3v) is 2.59. The molecule has 16 heavy (non-hydrogen) atoms. The first kappa shape index (κ1) is 10.8. The van der Waals surface area contributed by atoms with E-state index >= 15 is 0 Å². The van der Waals surface area contributed by atoms with Gasteiger partial charge in [-0.25, -0.2) is 0 Å². The minimum atomic E-state index is 0.474. The van der Waals surface area contributed by atoms with Crippen LogP contribution < -0.4 is 4.74 Å². The van der Waals surface area contributed by atoms with Gasteiger partial charge in [0.2, 0.25) is 0 Å². The number of hydrogen-bond donors (Lipinski definition) is 0. The van der Waals surface area contributed by atoms with E-state index in [2.05, 4.69) is 17.9 Å². The number of para-hydroxylation sites is 1. The van der Waals surface area contributed by atoms with Crippen LogP contribution in [0.15, 0.2) is 42.0 Å². The summed E-state index contributed by atoms with van der Waals surface area (Å²) in [5.41, 5.74) is 1.28. The van der Waals surface area contributed by atoms with Crippen LogP contribution in [0.5, 0.6) is 5.75 Å². The standard InChI is InChI=1S/C15H16O/c1-3-8-14(9-4-1)10-7-13-16-15-11-5-2-6-12-15/h2,5-6,8,11-12H,1,3-4,9,13H2. The summed E-state index contributed by atoms with van der Waals surface area (Å²) in [6.45, 7) is 0.474. The zero-order valence-corrected chi connectivity index (χ0v) is 9.41. The van der Waals surface area contributed by atoms with Gasteiger partial charge in [0.15, 0.2) is 0 Å². The summed E-state index contributed by atoms with van der Waals surface area (Å²) in [7, 11) is 0. The Kier molecular flexibility index (Phi) is 4.08. The van der Waals surface area contributed by atoms with Gasteiger partial charge in [-0.2, -0.15) is 0 Å². The smallest absolute Gasteiger partial charge is 0.149 e. The van der Waals surface area contributed by atoms with Gasteiger partial charge in [-0.05, 0) is 43.4 Å². The summed E-state index contributed by atoms with van der Waals surface area (Å²) in [6, 6.07) is 9.80. The molecule has 0 aromatic heterocycles. The maximum atomic E-state index is 5.50. The quantitative estimate of drug-likeness (QED) is 0.681. The van der Waals surface area contributed by atoms with Crippen LogP contribution in [0.1, 0.15) is 25.7 Å². The van der Waals surface area contributed by atoms with Crippen molar-refractivity contribution in [3.63, 3.8) is 0 Å². The van der Waals surface area contributed by atoms with Crippen molar-refractivity contribution in [2.24, 2.45) is 0 Å². The first-order valence-corrected chi connectivity index (χ1v) is 5.81. The largest absolute Gasteiger partial charge is 0.481 e. The van der Waals surface area contributed by atoms with Gasteiger partial charge >= 0.3 is 0 Å². The molecule has 2 rings (SSSR count). The summed E-state index contributed by atoms with van der Waals surface area (Å²) in [4.78, 5) is 0. The molecule has 0 atom stereocenters. The summed E-state index contributed by atoms with van der Waals surface area (Å²) >= 11 is 0. The number of ether oxygens (including phenoxy) is 1. The second kappa shape index (κ2) is 6.02. The third kappa shape index (κ3) is 3.47. The maximum absolute atomic E-state index is 5.50. The summed E-state index contributed by atoms with van der Waals surface area (Å²) in [6.07, 6.45) is 7.16. The molecule has 1 aromatic rings. The molecule has 0 radical (unpaired) electrons. The van der Waals surface area contributed by atoms with Crippen molar-refractivity contribution in [1.29, 1.82) is 0 Å². The van der Waals surface area contributed by atoms with Gasteiger partial charge in [0.25, 0.3) is 0 Å². The Balaban J connectivity index is 1.80. The van der Waals surface area contributed by atoms with Crippen LogP contribution >= 0.6 is 0 Å². The number of hydrogen-bond acceptors (Lipinski definition) is 1. The van der Waals surface area contributed by atoms with Crippen LogP contribution in [0.2, 0.25) is 0 Å². The van der Waals surface area contributed by atoms with E-state index in [9.17, 15) is 0 Å². The fourth-order valence-electron chi connectivity index (χ4n) is 1.74. The molecule has 0 N–H and O–H groups in total. The highest BCUT2D eigenvalue weighted by Crippen LogP contribution is 2.16. The van der Waals surface area contributed by atoms with Crippen molar-refractivity contribution in [3.8, 4) is 17.6 Å². The highest BCUT2D eigenvalue weighted by Gasteiger charge is 1.99. The molecule has 0 saturated heterocycles. The van der Waals surface area contributed by atoms with E-state index < -0.39 is 0 Å². The van der Waals surface area contributed by atoms with Crippen LogP contribution in [0.4, 0.5) is 0 Å². The van der Waals surface area contributed by atoms with Gasteiger partial charge in [-0.1, -0.05) is 36.1 Å². The monoisotopic (exact) mass is 212 g/mol. The average Bonchev–Trinajstić information content (AvgIpc) is 2.37. The van der Waals surface area contributed by atoms with Crippen molar-refractivity contribution in [2.45, 2.75) is 25.7 Å². The minimum Gasteiger partial charge on any atom is -0.481 e. The van der Waals surface area contributed by atoms with Crippen molar-refractivity contribution < 1.29 is 4.74 Å². The fraction of sp³-hybridized carbons (Fsp3) is 0.333. The molecular formula is C15H16O. The Labute approximate surface area is 97.1 Å². The fourth-order valence-corrected chi connectivity index (χ4v) is 1.74. The predicted octanol–water partition coefficient (Wildman–Crippen LogP) is 3.57. The number of benzene rings is 1. The molecule has 82 valence electrons. The molecule has 0 bridgehead atoms. The van der Waals surface area contributed by atoms with Crippen LogP contribution in [-0.4, -0.2) is 6.61 Å². The molecule has 0 aliphatic heterocycles. The van der Waals surface area contributed by atoms with Gasteiger partial charge in [-0.15, -0.1) is 0 Å². The van der Waals surface area contributed by atoms with Gasteiger partial charge in [0, 0.05) is 0 Å². The second-order valence-electron chi connectivity index (χ2n) is 3.88. The number of allylic oxidation sites excluding steroid dienone is 2. The molecular weight excluding hydrogens is 196 g/mol. The van der Waals surface area contributed by atoms with E-state index in [0.29, 0.717) is 6.61 Å². The van der Waals surface area contributed by atoms with E-state index in [1.807, 2.05) is 30.3 Å². The Morgan fingerprint density at radius 1 is 1.12 bits per heavy atom. The third-order valence-electron chi connectivity index (χ3n) is 2.59. The van der Waals surface area contributed by atoms with Gasteiger partial charge in [-0.3, -0.25) is 0 Å². The first-order chi connectivity index (χ1) is 7.95. The molecule has 0 fully saturated rings. The average molecular weight is 212 g/mol. The summed E-state index contributed by atoms with van der Waals surface area (Å²) in [5, 5.41) is 0. The molecule has 1 aromatic carbocycles. The molecule has 0 unspecified atom stereocenters. The highest BCUT2D eigenvalue weighted by atomic mass is 16.5. The lowest BCUT2D eigenvalue weighted by atomic mass is 10.0. The molecule has 0 amide bonds. The lowest BCUT2D eigenvalue weighted by Gasteiger charge is -2.05. The molecule has 0 spiro atoms. The number of rotatable bonds is 2. The Hall–Kier alpha value is -1.68. The lowest BCUT2D eigenvalue weighted by molar-refractivity contribution is 0.370. The zero-order chi connectivity index (χ0) is 11.1. The lowest BCUT2D eigenvalue weighted by Crippen LogP contribution is -1.94. The molecule has 1 aliphatic carbocycles. The SMILES string of the molecule is C(#CC1=CCCCC1)COc1ccccc1. The predicted molar refractivity (Wildman–Crippen MR) is 66.3 cm³/mol. The van der Waals surface area contributed by atoms with E-state index in [1.165, 1.54) is 24.8 Å². The Morgan fingerprint density at radius 3 is 2.75 bits per heavy atom. The Morgan fingerprint density at radius 2 is 2.00 bits per heavy atom. The summed E-state index contributed by atoms with van der Waals surface area (Å²) < 4.78 is 5.50. The van der Waals surface area contributed by atoms with Gasteiger partial charge < -0.3 is 4.74 Å². The molecule has 1 nitrogen and oxygen atoms in total. The molecule has 1 aliphatic rings. The second-order valence-corrected chi connectivity index (χ2v) is 3.88. The van der Waals surface area contributed by atoms with E-state index in [-0.39, 0.29) is 0 Å². The van der Waals surface area contributed by atoms with E-state index in [4.69, 9.17) is 4.74 Å². The molecule has 0 saturated carbocycles. The maximum Gasteiger partial charge on any atom is 0.149 e. The Bertz CT molecular complexity index is 406. The van der Waals surface area contributed by atoms with Crippen LogP contribution in [-0.2, 0) is 0 Å². The van der Waals surface area contributed by atoms with Crippen LogP contribution in [0.3, 0.4) is 0 Å². The molecule has 1 heteroatoms. The van der Waals surface area contributed by atoms with Crippen LogP contribution in [0.25, 0.3) is 0 Å². The summed E-state index contributed by atoms with van der Waals surface area (Å²) in [5.74, 6) is 7.12. The van der Waals surface area contributed by atoms with Gasteiger partial charge in [0.05, 0.1) is 0 Å². The van der Waals surface area contributed by atoms with Crippen molar-refractivity contribution in [1.82, 2.24) is 0 Å². The normalized spacial score (nSPS) is 14.6. The highest BCUT2D eigenvalue weighted by molar-refractivity contribution is 5.30. The van der Waals surface area contributed by atoms with Gasteiger partial charge in [0.1, 0.15) is 12.4 Å². The topological polar surface area (TPSA) is 9.23 Å². The van der Waals surface area contributed by atoms with E-state index in [1.54, 1.807) is 0 Å². The van der Waals surface area contributed by atoms with Crippen molar-refractivity contribution in [3.05, 3.63) is 42.0 Å². The van der Waals surface area contributed by atoms with E-state index in [0.717, 1.165) is 12.2 Å². The van der Waals surface area contributed by atoms with Crippen molar-refractivity contribution >= 4 is 0 Å².